The molecule has 0 amide bonds. The Hall–Kier alpha value is -3.60. The molecule has 1 fully saturated rings. The van der Waals surface area contributed by atoms with Gasteiger partial charge in [-0.1, -0.05) is 36.4 Å². The van der Waals surface area contributed by atoms with Crippen molar-refractivity contribution in [2.75, 3.05) is 5.73 Å². The molecule has 5 nitrogen and oxygen atoms in total. The number of carboxylic acid groups (broad SMARTS) is 1. The van der Waals surface area contributed by atoms with E-state index in [2.05, 4.69) is 34.7 Å². The third-order valence-corrected chi connectivity index (χ3v) is 5.94. The van der Waals surface area contributed by atoms with Crippen LogP contribution in [-0.2, 0) is 6.54 Å². The molecule has 2 aromatic carbocycles. The fraction of sp³-hybridized carbons (Fsp3) is 0.200. The first-order chi connectivity index (χ1) is 14.6. The number of aromatic carboxylic acids is 1. The number of carboxylic acids is 1. The van der Waals surface area contributed by atoms with E-state index in [1.165, 1.54) is 0 Å². The van der Waals surface area contributed by atoms with E-state index in [4.69, 9.17) is 5.73 Å². The Morgan fingerprint density at radius 3 is 2.57 bits per heavy atom. The summed E-state index contributed by atoms with van der Waals surface area (Å²) in [5, 5.41) is 10.9. The Bertz CT molecular complexity index is 1270. The van der Waals surface area contributed by atoms with E-state index in [1.54, 1.807) is 6.20 Å². The van der Waals surface area contributed by atoms with E-state index in [0.29, 0.717) is 17.3 Å². The van der Waals surface area contributed by atoms with Gasteiger partial charge in [-0.3, -0.25) is 4.98 Å². The maximum Gasteiger partial charge on any atom is 0.340 e. The van der Waals surface area contributed by atoms with E-state index in [1.807, 2.05) is 36.4 Å². The summed E-state index contributed by atoms with van der Waals surface area (Å²) in [5.74, 6) is -0.687. The van der Waals surface area contributed by atoms with Gasteiger partial charge in [0.1, 0.15) is 5.56 Å². The van der Waals surface area contributed by atoms with Crippen molar-refractivity contribution in [2.45, 2.75) is 32.2 Å². The number of carbonyl (C=O) groups is 1. The van der Waals surface area contributed by atoms with Gasteiger partial charge in [-0.05, 0) is 55.0 Å². The second kappa shape index (κ2) is 7.02. The van der Waals surface area contributed by atoms with E-state index in [0.717, 1.165) is 52.7 Å². The average molecular weight is 397 g/mol. The van der Waals surface area contributed by atoms with Crippen LogP contribution in [0.4, 0.5) is 5.69 Å². The summed E-state index contributed by atoms with van der Waals surface area (Å²) in [6.07, 6.45) is 3.84. The molecule has 0 radical (unpaired) electrons. The number of benzene rings is 2. The van der Waals surface area contributed by atoms with E-state index < -0.39 is 5.97 Å². The lowest BCUT2D eigenvalue weighted by atomic mass is 9.99. The first-order valence-corrected chi connectivity index (χ1v) is 10.3. The summed E-state index contributed by atoms with van der Waals surface area (Å²) >= 11 is 0. The molecular weight excluding hydrogens is 374 g/mol. The molecule has 3 N–H and O–H groups in total. The van der Waals surface area contributed by atoms with Crippen LogP contribution in [0.15, 0.2) is 60.8 Å². The maximum absolute atomic E-state index is 12.0. The monoisotopic (exact) mass is 397 g/mol. The highest BCUT2D eigenvalue weighted by molar-refractivity contribution is 6.02. The summed E-state index contributed by atoms with van der Waals surface area (Å²) in [7, 11) is 0. The van der Waals surface area contributed by atoms with Crippen molar-refractivity contribution in [1.29, 1.82) is 0 Å². The Kier molecular flexibility index (Phi) is 4.31. The number of aromatic nitrogens is 2. The number of nitrogens with zero attached hydrogens (tertiary/aromatic N) is 2. The minimum Gasteiger partial charge on any atom is -0.478 e. The van der Waals surface area contributed by atoms with Crippen LogP contribution < -0.4 is 5.73 Å². The molecule has 0 aliphatic heterocycles. The third kappa shape index (κ3) is 2.94. The van der Waals surface area contributed by atoms with Crippen LogP contribution in [0.1, 0.15) is 41.6 Å². The van der Waals surface area contributed by atoms with Crippen LogP contribution in [0.3, 0.4) is 0 Å². The Labute approximate surface area is 174 Å². The molecule has 4 aromatic rings. The van der Waals surface area contributed by atoms with Gasteiger partial charge in [-0.2, -0.15) is 0 Å². The quantitative estimate of drug-likeness (QED) is 0.463. The molecular formula is C25H23N3O2. The van der Waals surface area contributed by atoms with Gasteiger partial charge in [0.25, 0.3) is 0 Å². The molecule has 1 aliphatic carbocycles. The first kappa shape index (κ1) is 18.4. The number of nitrogens with two attached hydrogens (primary N) is 1. The van der Waals surface area contributed by atoms with Gasteiger partial charge in [0.15, 0.2) is 0 Å². The van der Waals surface area contributed by atoms with Gasteiger partial charge >= 0.3 is 5.97 Å². The van der Waals surface area contributed by atoms with Crippen LogP contribution in [-0.4, -0.2) is 20.6 Å². The number of fused-ring (bicyclic) bond motifs is 1. The number of rotatable bonds is 5. The lowest BCUT2D eigenvalue weighted by Crippen LogP contribution is -2.09. The van der Waals surface area contributed by atoms with Gasteiger partial charge in [0.2, 0.25) is 0 Å². The summed E-state index contributed by atoms with van der Waals surface area (Å²) in [5.41, 5.74) is 12.2. The van der Waals surface area contributed by atoms with Crippen molar-refractivity contribution in [1.82, 2.24) is 9.55 Å². The highest BCUT2D eigenvalue weighted by atomic mass is 16.4. The second-order valence-corrected chi connectivity index (χ2v) is 7.84. The number of hydrogen-bond acceptors (Lipinski definition) is 3. The van der Waals surface area contributed by atoms with Crippen LogP contribution in [0, 0.1) is 0 Å². The summed E-state index contributed by atoms with van der Waals surface area (Å²) < 4.78 is 2.27. The molecule has 0 unspecified atom stereocenters. The van der Waals surface area contributed by atoms with Crippen molar-refractivity contribution < 1.29 is 9.90 Å². The standard InChI is InChI=1S/C25H23N3O2/c1-2-28-20-11-10-17(12-18(20)13-21(28)16-6-4-3-5-7-16)24-22(25(29)30)23(26)19(14-27-24)15-8-9-15/h3-7,10-15H,2,8-9H2,1H3,(H2,26,27)(H,29,30). The zero-order valence-corrected chi connectivity index (χ0v) is 16.8. The molecule has 0 spiro atoms. The van der Waals surface area contributed by atoms with Crippen molar-refractivity contribution in [3.05, 3.63) is 71.9 Å². The smallest absolute Gasteiger partial charge is 0.340 e. The predicted molar refractivity (Wildman–Crippen MR) is 120 cm³/mol. The van der Waals surface area contributed by atoms with Crippen molar-refractivity contribution in [3.63, 3.8) is 0 Å². The lowest BCUT2D eigenvalue weighted by molar-refractivity contribution is 0.0698. The molecule has 1 aliphatic rings. The molecule has 2 heterocycles. The zero-order valence-electron chi connectivity index (χ0n) is 16.8. The highest BCUT2D eigenvalue weighted by Crippen LogP contribution is 2.44. The van der Waals surface area contributed by atoms with Gasteiger partial charge < -0.3 is 15.4 Å². The van der Waals surface area contributed by atoms with Gasteiger partial charge in [0.05, 0.1) is 11.4 Å². The fourth-order valence-electron chi connectivity index (χ4n) is 4.30. The van der Waals surface area contributed by atoms with Gasteiger partial charge in [-0.25, -0.2) is 4.79 Å². The van der Waals surface area contributed by atoms with Crippen molar-refractivity contribution in [3.8, 4) is 22.5 Å². The molecule has 1 saturated carbocycles. The first-order valence-electron chi connectivity index (χ1n) is 10.3. The van der Waals surface area contributed by atoms with Crippen LogP contribution in [0.2, 0.25) is 0 Å². The predicted octanol–water partition coefficient (Wildman–Crippen LogP) is 5.55. The lowest BCUT2D eigenvalue weighted by Gasteiger charge is -2.13. The number of anilines is 1. The van der Waals surface area contributed by atoms with Gasteiger partial charge in [0, 0.05) is 34.9 Å². The Balaban J connectivity index is 1.68. The molecule has 0 atom stereocenters. The average Bonchev–Trinajstić information content (AvgIpc) is 3.53. The minimum absolute atomic E-state index is 0.108. The van der Waals surface area contributed by atoms with Gasteiger partial charge in [-0.15, -0.1) is 0 Å². The Morgan fingerprint density at radius 1 is 1.13 bits per heavy atom. The summed E-state index contributed by atoms with van der Waals surface area (Å²) in [6, 6.07) is 18.4. The number of nitrogen functional groups attached to an aromatic ring is 1. The number of hydrogen-bond donors (Lipinski definition) is 2. The van der Waals surface area contributed by atoms with Crippen LogP contribution >= 0.6 is 0 Å². The normalized spacial score (nSPS) is 13.6. The van der Waals surface area contributed by atoms with Crippen LogP contribution in [0.5, 0.6) is 0 Å². The van der Waals surface area contributed by atoms with E-state index >= 15 is 0 Å². The Morgan fingerprint density at radius 2 is 1.90 bits per heavy atom. The van der Waals surface area contributed by atoms with Crippen LogP contribution in [0.25, 0.3) is 33.4 Å². The molecule has 5 rings (SSSR count). The topological polar surface area (TPSA) is 81.1 Å². The largest absolute Gasteiger partial charge is 0.478 e. The van der Waals surface area contributed by atoms with Crippen molar-refractivity contribution in [2.24, 2.45) is 0 Å². The maximum atomic E-state index is 12.0. The molecule has 0 bridgehead atoms. The molecule has 30 heavy (non-hydrogen) atoms. The van der Waals surface area contributed by atoms with Crippen molar-refractivity contribution >= 4 is 22.6 Å². The molecule has 2 aromatic heterocycles. The van der Waals surface area contributed by atoms with E-state index in [9.17, 15) is 9.90 Å². The fourth-order valence-corrected chi connectivity index (χ4v) is 4.30. The third-order valence-electron chi connectivity index (χ3n) is 5.94. The minimum atomic E-state index is -1.03. The zero-order chi connectivity index (χ0) is 20.8. The second-order valence-electron chi connectivity index (χ2n) is 7.84. The molecule has 0 saturated heterocycles. The number of pyridine rings is 1. The highest BCUT2D eigenvalue weighted by Gasteiger charge is 2.30. The van der Waals surface area contributed by atoms with E-state index in [-0.39, 0.29) is 5.56 Å². The molecule has 150 valence electrons. The number of aryl methyl sites for hydroxylation is 1. The summed E-state index contributed by atoms with van der Waals surface area (Å²) in [4.78, 5) is 16.6. The SMILES string of the molecule is CCn1c(-c2ccccc2)cc2cc(-c3ncc(C4CC4)c(N)c3C(=O)O)ccc21. The summed E-state index contributed by atoms with van der Waals surface area (Å²) in [6.45, 7) is 2.97. The molecule has 5 heteroatoms.